The molecule has 84 valence electrons. The summed E-state index contributed by atoms with van der Waals surface area (Å²) in [4.78, 5) is 11.7. The first-order valence-corrected chi connectivity index (χ1v) is 5.66. The van der Waals surface area contributed by atoms with Crippen molar-refractivity contribution in [3.05, 3.63) is 0 Å². The molecule has 0 aromatic rings. The number of carbonyl (C=O) groups excluding carboxylic acids is 1. The fourth-order valence-electron chi connectivity index (χ4n) is 1.39. The van der Waals surface area contributed by atoms with Crippen LogP contribution in [0.1, 0.15) is 46.5 Å². The molecule has 3 heteroatoms. The Hall–Kier alpha value is -0.570. The Morgan fingerprint density at radius 2 is 2.07 bits per heavy atom. The maximum Gasteiger partial charge on any atom is 0.223 e. The van der Waals surface area contributed by atoms with Crippen LogP contribution >= 0.6 is 0 Å². The predicted octanol–water partition coefficient (Wildman–Crippen LogP) is 1.67. The summed E-state index contributed by atoms with van der Waals surface area (Å²) in [5, 5.41) is 2.93. The summed E-state index contributed by atoms with van der Waals surface area (Å²) >= 11 is 0. The Morgan fingerprint density at radius 1 is 1.43 bits per heavy atom. The summed E-state index contributed by atoms with van der Waals surface area (Å²) in [5.74, 6) is 0.336. The second-order valence-electron chi connectivity index (χ2n) is 3.89. The zero-order valence-electron chi connectivity index (χ0n) is 9.68. The van der Waals surface area contributed by atoms with Crippen molar-refractivity contribution in [1.82, 2.24) is 5.32 Å². The van der Waals surface area contributed by atoms with E-state index in [9.17, 15) is 4.79 Å². The first-order chi connectivity index (χ1) is 6.65. The third kappa shape index (κ3) is 5.22. The highest BCUT2D eigenvalue weighted by atomic mass is 16.1. The van der Waals surface area contributed by atoms with E-state index < -0.39 is 0 Å². The minimum absolute atomic E-state index is 0.0955. The van der Waals surface area contributed by atoms with Gasteiger partial charge in [-0.1, -0.05) is 26.7 Å². The molecular formula is C11H24N2O. The molecule has 0 heterocycles. The molecule has 3 nitrogen and oxygen atoms in total. The van der Waals surface area contributed by atoms with Crippen molar-refractivity contribution in [2.45, 2.75) is 52.5 Å². The second kappa shape index (κ2) is 7.80. The molecule has 0 aromatic heterocycles. The van der Waals surface area contributed by atoms with Crippen molar-refractivity contribution in [2.24, 2.45) is 11.7 Å². The van der Waals surface area contributed by atoms with E-state index in [1.165, 1.54) is 0 Å². The minimum atomic E-state index is 0.0955. The molecular weight excluding hydrogens is 176 g/mol. The minimum Gasteiger partial charge on any atom is -0.352 e. The summed E-state index contributed by atoms with van der Waals surface area (Å²) in [6.07, 6.45) is 4.19. The van der Waals surface area contributed by atoms with E-state index in [2.05, 4.69) is 19.2 Å². The molecule has 0 rings (SSSR count). The maximum atomic E-state index is 11.7. The van der Waals surface area contributed by atoms with Gasteiger partial charge in [-0.05, 0) is 19.8 Å². The van der Waals surface area contributed by atoms with Crippen LogP contribution < -0.4 is 11.1 Å². The first kappa shape index (κ1) is 13.4. The van der Waals surface area contributed by atoms with Crippen molar-refractivity contribution in [3.8, 4) is 0 Å². The van der Waals surface area contributed by atoms with Crippen LogP contribution in [0.4, 0.5) is 0 Å². The normalized spacial score (nSPS) is 14.9. The fraction of sp³-hybridized carbons (Fsp3) is 0.909. The monoisotopic (exact) mass is 200 g/mol. The van der Waals surface area contributed by atoms with E-state index in [4.69, 9.17) is 5.73 Å². The molecule has 0 aliphatic carbocycles. The molecule has 0 spiro atoms. The van der Waals surface area contributed by atoms with E-state index in [1.54, 1.807) is 0 Å². The smallest absolute Gasteiger partial charge is 0.223 e. The van der Waals surface area contributed by atoms with E-state index in [0.717, 1.165) is 25.7 Å². The number of nitrogens with two attached hydrogens (primary N) is 1. The number of hydrogen-bond acceptors (Lipinski definition) is 2. The highest BCUT2D eigenvalue weighted by molar-refractivity contribution is 5.78. The highest BCUT2D eigenvalue weighted by Crippen LogP contribution is 2.12. The van der Waals surface area contributed by atoms with Gasteiger partial charge in [0.05, 0.1) is 0 Å². The summed E-state index contributed by atoms with van der Waals surface area (Å²) in [6.45, 7) is 6.65. The molecule has 0 aliphatic rings. The Bertz CT molecular complexity index is 159. The van der Waals surface area contributed by atoms with Crippen LogP contribution in [0, 0.1) is 5.92 Å². The maximum absolute atomic E-state index is 11.7. The van der Waals surface area contributed by atoms with E-state index in [1.807, 2.05) is 6.92 Å². The van der Waals surface area contributed by atoms with E-state index >= 15 is 0 Å². The molecule has 14 heavy (non-hydrogen) atoms. The van der Waals surface area contributed by atoms with Crippen molar-refractivity contribution in [2.75, 3.05) is 6.54 Å². The van der Waals surface area contributed by atoms with Crippen LogP contribution in [0.2, 0.25) is 0 Å². The van der Waals surface area contributed by atoms with Gasteiger partial charge in [-0.3, -0.25) is 4.79 Å². The van der Waals surface area contributed by atoms with Crippen LogP contribution in [-0.4, -0.2) is 18.5 Å². The molecule has 2 atom stereocenters. The van der Waals surface area contributed by atoms with Gasteiger partial charge < -0.3 is 11.1 Å². The summed E-state index contributed by atoms with van der Waals surface area (Å²) < 4.78 is 0. The first-order valence-electron chi connectivity index (χ1n) is 5.66. The molecule has 0 saturated carbocycles. The van der Waals surface area contributed by atoms with Crippen LogP contribution in [-0.2, 0) is 4.79 Å². The molecule has 0 fully saturated rings. The van der Waals surface area contributed by atoms with Gasteiger partial charge in [0.2, 0.25) is 5.91 Å². The number of rotatable bonds is 7. The molecule has 2 unspecified atom stereocenters. The number of carbonyl (C=O) groups is 1. The van der Waals surface area contributed by atoms with Crippen LogP contribution in [0.15, 0.2) is 0 Å². The molecule has 0 aliphatic heterocycles. The lowest BCUT2D eigenvalue weighted by Gasteiger charge is -2.17. The van der Waals surface area contributed by atoms with Crippen molar-refractivity contribution < 1.29 is 4.79 Å². The lowest BCUT2D eigenvalue weighted by atomic mass is 9.98. The van der Waals surface area contributed by atoms with Crippen molar-refractivity contribution in [1.29, 1.82) is 0 Å². The Kier molecular flexibility index (Phi) is 7.48. The Labute approximate surface area is 87.4 Å². The van der Waals surface area contributed by atoms with Crippen LogP contribution in [0.3, 0.4) is 0 Å². The van der Waals surface area contributed by atoms with Crippen LogP contribution in [0.5, 0.6) is 0 Å². The zero-order valence-corrected chi connectivity index (χ0v) is 9.68. The van der Waals surface area contributed by atoms with Gasteiger partial charge in [-0.2, -0.15) is 0 Å². The number of amides is 1. The molecule has 1 amide bonds. The lowest BCUT2D eigenvalue weighted by Crippen LogP contribution is -2.41. The molecule has 3 N–H and O–H groups in total. The third-order valence-electron chi connectivity index (χ3n) is 2.51. The van der Waals surface area contributed by atoms with Gasteiger partial charge in [-0.15, -0.1) is 0 Å². The zero-order chi connectivity index (χ0) is 11.0. The number of unbranched alkanes of at least 4 members (excludes halogenated alkanes) is 1. The second-order valence-corrected chi connectivity index (χ2v) is 3.89. The van der Waals surface area contributed by atoms with Gasteiger partial charge in [0.1, 0.15) is 0 Å². The largest absolute Gasteiger partial charge is 0.352 e. The Balaban J connectivity index is 3.90. The SMILES string of the molecule is CCCCC(CC)C(=O)NC(C)CN. The fourth-order valence-corrected chi connectivity index (χ4v) is 1.39. The molecule has 0 bridgehead atoms. The van der Waals surface area contributed by atoms with Gasteiger partial charge in [0.25, 0.3) is 0 Å². The molecule has 0 radical (unpaired) electrons. The van der Waals surface area contributed by atoms with Gasteiger partial charge in [-0.25, -0.2) is 0 Å². The average molecular weight is 200 g/mol. The summed E-state index contributed by atoms with van der Waals surface area (Å²) in [7, 11) is 0. The Morgan fingerprint density at radius 3 is 2.50 bits per heavy atom. The summed E-state index contributed by atoms with van der Waals surface area (Å²) in [5.41, 5.74) is 5.45. The standard InChI is InChI=1S/C11H24N2O/c1-4-6-7-10(5-2)11(14)13-9(3)8-12/h9-10H,4-8,12H2,1-3H3,(H,13,14). The van der Waals surface area contributed by atoms with Crippen LogP contribution in [0.25, 0.3) is 0 Å². The van der Waals surface area contributed by atoms with Gasteiger partial charge in [0.15, 0.2) is 0 Å². The molecule has 0 aromatic carbocycles. The van der Waals surface area contributed by atoms with Crippen molar-refractivity contribution >= 4 is 5.91 Å². The average Bonchev–Trinajstić information content (AvgIpc) is 2.18. The number of nitrogens with one attached hydrogen (secondary N) is 1. The van der Waals surface area contributed by atoms with E-state index in [-0.39, 0.29) is 17.9 Å². The van der Waals surface area contributed by atoms with Gasteiger partial charge in [0, 0.05) is 18.5 Å². The van der Waals surface area contributed by atoms with Crippen molar-refractivity contribution in [3.63, 3.8) is 0 Å². The highest BCUT2D eigenvalue weighted by Gasteiger charge is 2.16. The number of hydrogen-bond donors (Lipinski definition) is 2. The third-order valence-corrected chi connectivity index (χ3v) is 2.51. The predicted molar refractivity (Wildman–Crippen MR) is 60.0 cm³/mol. The quantitative estimate of drug-likeness (QED) is 0.657. The summed E-state index contributed by atoms with van der Waals surface area (Å²) in [6, 6.07) is 0.0955. The van der Waals surface area contributed by atoms with E-state index in [0.29, 0.717) is 6.54 Å². The molecule has 0 saturated heterocycles. The van der Waals surface area contributed by atoms with Gasteiger partial charge >= 0.3 is 0 Å². The topological polar surface area (TPSA) is 55.1 Å². The lowest BCUT2D eigenvalue weighted by molar-refractivity contribution is -0.125.